The van der Waals surface area contributed by atoms with E-state index in [2.05, 4.69) is 28.6 Å². The summed E-state index contributed by atoms with van der Waals surface area (Å²) in [6.07, 6.45) is 0. The molecule has 6 nitrogen and oxygen atoms in total. The molecule has 1 heterocycles. The lowest BCUT2D eigenvalue weighted by Crippen LogP contribution is -2.36. The van der Waals surface area contributed by atoms with Crippen LogP contribution in [0.5, 0.6) is 5.75 Å². The van der Waals surface area contributed by atoms with Crippen LogP contribution in [0.15, 0.2) is 59.8 Å². The minimum Gasteiger partial charge on any atom is -0.497 e. The number of hydrogen-bond donors (Lipinski definition) is 0. The predicted octanol–water partition coefficient (Wildman–Crippen LogP) is 5.14. The molecular weight excluding hydrogens is 408 g/mol. The Morgan fingerprint density at radius 1 is 1.06 bits per heavy atom. The molecule has 164 valence electrons. The van der Waals surface area contributed by atoms with Crippen molar-refractivity contribution >= 4 is 23.4 Å². The van der Waals surface area contributed by atoms with Crippen molar-refractivity contribution < 1.29 is 9.53 Å². The van der Waals surface area contributed by atoms with Gasteiger partial charge in [-0.2, -0.15) is 0 Å². The number of hydrogen-bond acceptors (Lipinski definition) is 5. The molecule has 7 heteroatoms. The molecule has 2 aromatic carbocycles. The maximum atomic E-state index is 13.2. The molecule has 0 aliphatic carbocycles. The van der Waals surface area contributed by atoms with E-state index in [-0.39, 0.29) is 11.2 Å². The minimum atomic E-state index is -0.293. The SMILES string of the molecule is CCN(C(=O)[C@@H](C)Sc1nnc(-c2ccc(OC)cc2)n1CC(C)C)c1ccccc1. The molecular formula is C24H30N4O2S. The predicted molar refractivity (Wildman–Crippen MR) is 127 cm³/mol. The number of rotatable bonds is 9. The summed E-state index contributed by atoms with van der Waals surface area (Å²) >= 11 is 1.46. The minimum absolute atomic E-state index is 0.0591. The Morgan fingerprint density at radius 2 is 1.74 bits per heavy atom. The van der Waals surface area contributed by atoms with Crippen LogP contribution in [0.4, 0.5) is 5.69 Å². The van der Waals surface area contributed by atoms with Gasteiger partial charge in [0.05, 0.1) is 12.4 Å². The van der Waals surface area contributed by atoms with E-state index in [9.17, 15) is 4.79 Å². The Balaban J connectivity index is 1.86. The summed E-state index contributed by atoms with van der Waals surface area (Å²) in [5, 5.41) is 9.36. The van der Waals surface area contributed by atoms with Crippen LogP contribution in [-0.2, 0) is 11.3 Å². The molecule has 1 atom stereocenters. The number of carbonyl (C=O) groups is 1. The monoisotopic (exact) mass is 438 g/mol. The Hall–Kier alpha value is -2.80. The van der Waals surface area contributed by atoms with Gasteiger partial charge in [0.2, 0.25) is 5.91 Å². The highest BCUT2D eigenvalue weighted by atomic mass is 32.2. The number of benzene rings is 2. The number of para-hydroxylation sites is 1. The van der Waals surface area contributed by atoms with Gasteiger partial charge >= 0.3 is 0 Å². The molecule has 0 spiro atoms. The number of nitrogens with zero attached hydrogens (tertiary/aromatic N) is 4. The van der Waals surface area contributed by atoms with Gasteiger partial charge in [-0.05, 0) is 56.2 Å². The second-order valence-corrected chi connectivity index (χ2v) is 9.03. The quantitative estimate of drug-likeness (QED) is 0.433. The summed E-state index contributed by atoms with van der Waals surface area (Å²) in [5.41, 5.74) is 1.88. The third-order valence-corrected chi connectivity index (χ3v) is 5.96. The van der Waals surface area contributed by atoms with E-state index >= 15 is 0 Å². The molecule has 0 saturated carbocycles. The first kappa shape index (κ1) is 22.9. The van der Waals surface area contributed by atoms with Crippen LogP contribution in [0.2, 0.25) is 0 Å². The van der Waals surface area contributed by atoms with Crippen molar-refractivity contribution in [2.75, 3.05) is 18.6 Å². The Morgan fingerprint density at radius 3 is 2.32 bits per heavy atom. The van der Waals surface area contributed by atoms with Gasteiger partial charge in [-0.25, -0.2) is 0 Å². The third-order valence-electron chi connectivity index (χ3n) is 4.89. The largest absolute Gasteiger partial charge is 0.497 e. The number of aromatic nitrogens is 3. The highest BCUT2D eigenvalue weighted by Gasteiger charge is 2.25. The van der Waals surface area contributed by atoms with E-state index in [1.54, 1.807) is 7.11 Å². The van der Waals surface area contributed by atoms with Crippen LogP contribution in [0.25, 0.3) is 11.4 Å². The van der Waals surface area contributed by atoms with Gasteiger partial charge in [-0.1, -0.05) is 43.8 Å². The topological polar surface area (TPSA) is 60.3 Å². The number of ether oxygens (including phenoxy) is 1. The van der Waals surface area contributed by atoms with E-state index in [1.807, 2.05) is 73.3 Å². The lowest BCUT2D eigenvalue weighted by atomic mass is 10.2. The molecule has 0 unspecified atom stereocenters. The zero-order valence-electron chi connectivity index (χ0n) is 18.8. The summed E-state index contributed by atoms with van der Waals surface area (Å²) in [6.45, 7) is 9.63. The smallest absolute Gasteiger partial charge is 0.240 e. The van der Waals surface area contributed by atoms with E-state index in [1.165, 1.54) is 11.8 Å². The summed E-state index contributed by atoms with van der Waals surface area (Å²) < 4.78 is 7.38. The summed E-state index contributed by atoms with van der Waals surface area (Å²) in [4.78, 5) is 15.0. The highest BCUT2D eigenvalue weighted by molar-refractivity contribution is 8.00. The van der Waals surface area contributed by atoms with Crippen LogP contribution in [0, 0.1) is 5.92 Å². The number of amides is 1. The molecule has 0 radical (unpaired) electrons. The van der Waals surface area contributed by atoms with Crippen LogP contribution in [0.3, 0.4) is 0 Å². The maximum Gasteiger partial charge on any atom is 0.240 e. The zero-order valence-corrected chi connectivity index (χ0v) is 19.6. The average Bonchev–Trinajstić information content (AvgIpc) is 3.16. The van der Waals surface area contributed by atoms with Crippen molar-refractivity contribution in [3.05, 3.63) is 54.6 Å². The van der Waals surface area contributed by atoms with Crippen LogP contribution in [-0.4, -0.2) is 39.6 Å². The van der Waals surface area contributed by atoms with Crippen molar-refractivity contribution in [1.29, 1.82) is 0 Å². The molecule has 0 fully saturated rings. The van der Waals surface area contributed by atoms with Crippen molar-refractivity contribution in [3.8, 4) is 17.1 Å². The standard InChI is InChI=1S/C24H30N4O2S/c1-6-27(20-10-8-7-9-11-20)23(29)18(4)31-24-26-25-22(28(24)16-17(2)3)19-12-14-21(30-5)15-13-19/h7-15,17-18H,6,16H2,1-5H3/t18-/m1/s1. The first-order chi connectivity index (χ1) is 14.9. The van der Waals surface area contributed by atoms with Gasteiger partial charge in [0.25, 0.3) is 0 Å². The molecule has 3 rings (SSSR count). The maximum absolute atomic E-state index is 13.2. The Bertz CT molecular complexity index is 987. The van der Waals surface area contributed by atoms with Gasteiger partial charge in [0, 0.05) is 24.3 Å². The van der Waals surface area contributed by atoms with Crippen molar-refractivity contribution in [2.24, 2.45) is 5.92 Å². The summed E-state index contributed by atoms with van der Waals surface area (Å²) in [5.74, 6) is 2.07. The lowest BCUT2D eigenvalue weighted by Gasteiger charge is -2.24. The van der Waals surface area contributed by atoms with Gasteiger partial charge < -0.3 is 14.2 Å². The molecule has 1 amide bonds. The fourth-order valence-electron chi connectivity index (χ4n) is 3.36. The van der Waals surface area contributed by atoms with Crippen LogP contribution < -0.4 is 9.64 Å². The van der Waals surface area contributed by atoms with Crippen molar-refractivity contribution in [1.82, 2.24) is 14.8 Å². The number of anilines is 1. The van der Waals surface area contributed by atoms with Gasteiger partial charge in [-0.15, -0.1) is 10.2 Å². The first-order valence-electron chi connectivity index (χ1n) is 10.5. The molecule has 0 aliphatic rings. The summed E-state index contributed by atoms with van der Waals surface area (Å²) in [7, 11) is 1.65. The molecule has 31 heavy (non-hydrogen) atoms. The fraction of sp³-hybridized carbons (Fsp3) is 0.375. The normalized spacial score (nSPS) is 12.1. The highest BCUT2D eigenvalue weighted by Crippen LogP contribution is 2.30. The van der Waals surface area contributed by atoms with E-state index in [4.69, 9.17) is 4.74 Å². The molecule has 0 N–H and O–H groups in total. The van der Waals surface area contributed by atoms with Crippen LogP contribution >= 0.6 is 11.8 Å². The van der Waals surface area contributed by atoms with Gasteiger partial charge in [-0.3, -0.25) is 4.79 Å². The molecule has 0 bridgehead atoms. The van der Waals surface area contributed by atoms with E-state index in [0.717, 1.165) is 34.5 Å². The fourth-order valence-corrected chi connectivity index (χ4v) is 4.28. The first-order valence-corrected chi connectivity index (χ1v) is 11.4. The van der Waals surface area contributed by atoms with Crippen molar-refractivity contribution in [3.63, 3.8) is 0 Å². The molecule has 0 saturated heterocycles. The second-order valence-electron chi connectivity index (χ2n) is 7.72. The number of carbonyl (C=O) groups excluding carboxylic acids is 1. The lowest BCUT2D eigenvalue weighted by molar-refractivity contribution is -0.117. The molecule has 1 aromatic heterocycles. The Labute approximate surface area is 188 Å². The van der Waals surface area contributed by atoms with Gasteiger partial charge in [0.15, 0.2) is 11.0 Å². The summed E-state index contributed by atoms with van der Waals surface area (Å²) in [6, 6.07) is 17.6. The van der Waals surface area contributed by atoms with Crippen molar-refractivity contribution in [2.45, 2.75) is 44.6 Å². The number of methoxy groups -OCH3 is 1. The molecule has 3 aromatic rings. The zero-order chi connectivity index (χ0) is 22.4. The third kappa shape index (κ3) is 5.47. The molecule has 0 aliphatic heterocycles. The second kappa shape index (κ2) is 10.5. The average molecular weight is 439 g/mol. The van der Waals surface area contributed by atoms with E-state index in [0.29, 0.717) is 12.5 Å². The van der Waals surface area contributed by atoms with E-state index < -0.39 is 0 Å². The Kier molecular flexibility index (Phi) is 7.74. The van der Waals surface area contributed by atoms with Gasteiger partial charge in [0.1, 0.15) is 5.75 Å². The van der Waals surface area contributed by atoms with Crippen LogP contribution in [0.1, 0.15) is 27.7 Å². The number of thioether (sulfide) groups is 1.